The topological polar surface area (TPSA) is 84.9 Å². The van der Waals surface area contributed by atoms with E-state index in [4.69, 9.17) is 9.47 Å². The van der Waals surface area contributed by atoms with Crippen molar-refractivity contribution < 1.29 is 22.7 Å². The number of methoxy groups -OCH3 is 2. The van der Waals surface area contributed by atoms with E-state index >= 15 is 0 Å². The third-order valence-corrected chi connectivity index (χ3v) is 5.61. The first-order chi connectivity index (χ1) is 13.2. The quantitative estimate of drug-likeness (QED) is 0.729. The van der Waals surface area contributed by atoms with Crippen molar-refractivity contribution >= 4 is 21.6 Å². The Kier molecular flexibility index (Phi) is 6.90. The molecule has 2 rings (SSSR count). The Hall–Kier alpha value is -2.74. The van der Waals surface area contributed by atoms with E-state index in [0.29, 0.717) is 17.2 Å². The van der Waals surface area contributed by atoms with Gasteiger partial charge in [0.15, 0.2) is 11.5 Å². The van der Waals surface area contributed by atoms with Crippen LogP contribution in [0.25, 0.3) is 0 Å². The van der Waals surface area contributed by atoms with Crippen LogP contribution in [0.15, 0.2) is 48.5 Å². The van der Waals surface area contributed by atoms with E-state index in [1.54, 1.807) is 19.1 Å². The molecule has 0 aromatic heterocycles. The molecule has 2 aromatic rings. The highest BCUT2D eigenvalue weighted by atomic mass is 32.2. The summed E-state index contributed by atoms with van der Waals surface area (Å²) >= 11 is 0. The van der Waals surface area contributed by atoms with Crippen molar-refractivity contribution in [3.05, 3.63) is 54.1 Å². The lowest BCUT2D eigenvalue weighted by Crippen LogP contribution is -2.48. The Morgan fingerprint density at radius 1 is 1.00 bits per heavy atom. The van der Waals surface area contributed by atoms with Gasteiger partial charge in [-0.2, -0.15) is 0 Å². The van der Waals surface area contributed by atoms with Crippen molar-refractivity contribution in [2.45, 2.75) is 25.9 Å². The highest BCUT2D eigenvalue weighted by Crippen LogP contribution is 2.33. The summed E-state index contributed by atoms with van der Waals surface area (Å²) in [5, 5.41) is 2.87. The molecule has 2 atom stereocenters. The van der Waals surface area contributed by atoms with E-state index in [9.17, 15) is 13.2 Å². The largest absolute Gasteiger partial charge is 0.493 e. The Morgan fingerprint density at radius 3 is 2.14 bits per heavy atom. The summed E-state index contributed by atoms with van der Waals surface area (Å²) in [6.45, 7) is 3.39. The van der Waals surface area contributed by atoms with Gasteiger partial charge in [0.2, 0.25) is 15.9 Å². The van der Waals surface area contributed by atoms with Crippen LogP contribution >= 0.6 is 0 Å². The summed E-state index contributed by atoms with van der Waals surface area (Å²) in [6.07, 6.45) is 1.06. The molecule has 0 radical (unpaired) electrons. The van der Waals surface area contributed by atoms with Crippen LogP contribution in [0.2, 0.25) is 0 Å². The molecule has 0 aliphatic heterocycles. The highest BCUT2D eigenvalue weighted by molar-refractivity contribution is 7.92. The summed E-state index contributed by atoms with van der Waals surface area (Å²) < 4.78 is 36.4. The SMILES string of the molecule is COc1ccc(N(C(C)C(=O)N[C@H](C)c2ccccc2)S(C)(=O)=O)cc1OC. The standard InChI is InChI=1S/C20H26N2O5S/c1-14(16-9-7-6-8-10-16)21-20(23)15(2)22(28(5,24)25)17-11-12-18(26-3)19(13-17)27-4/h6-15H,1-5H3,(H,21,23)/t14-,15?/m1/s1. The van der Waals surface area contributed by atoms with E-state index < -0.39 is 22.0 Å². The fourth-order valence-corrected chi connectivity index (χ4v) is 4.10. The van der Waals surface area contributed by atoms with E-state index in [-0.39, 0.29) is 6.04 Å². The van der Waals surface area contributed by atoms with Gasteiger partial charge in [-0.15, -0.1) is 0 Å². The van der Waals surface area contributed by atoms with Gasteiger partial charge in [-0.3, -0.25) is 9.10 Å². The average molecular weight is 407 g/mol. The third kappa shape index (κ3) is 4.95. The minimum Gasteiger partial charge on any atom is -0.493 e. The maximum absolute atomic E-state index is 12.8. The predicted octanol–water partition coefficient (Wildman–Crippen LogP) is 2.74. The number of carbonyl (C=O) groups is 1. The number of benzene rings is 2. The van der Waals surface area contributed by atoms with Crippen LogP contribution in [-0.4, -0.2) is 40.8 Å². The van der Waals surface area contributed by atoms with Crippen LogP contribution in [0.4, 0.5) is 5.69 Å². The van der Waals surface area contributed by atoms with Gasteiger partial charge in [0.25, 0.3) is 0 Å². The van der Waals surface area contributed by atoms with Crippen molar-refractivity contribution in [2.75, 3.05) is 24.8 Å². The van der Waals surface area contributed by atoms with Crippen LogP contribution in [-0.2, 0) is 14.8 Å². The maximum atomic E-state index is 12.8. The summed E-state index contributed by atoms with van der Waals surface area (Å²) in [5.74, 6) is 0.435. The van der Waals surface area contributed by atoms with E-state index in [1.165, 1.54) is 20.3 Å². The number of amides is 1. The number of carbonyl (C=O) groups excluding carboxylic acids is 1. The zero-order valence-electron chi connectivity index (χ0n) is 16.7. The molecule has 0 aliphatic rings. The second-order valence-electron chi connectivity index (χ2n) is 6.42. The van der Waals surface area contributed by atoms with Gasteiger partial charge in [-0.25, -0.2) is 8.42 Å². The highest BCUT2D eigenvalue weighted by Gasteiger charge is 2.30. The van der Waals surface area contributed by atoms with Crippen LogP contribution in [0.3, 0.4) is 0 Å². The Labute approximate surface area is 166 Å². The normalized spacial score (nSPS) is 13.3. The number of ether oxygens (including phenoxy) is 2. The molecule has 28 heavy (non-hydrogen) atoms. The first kappa shape index (κ1) is 21.6. The summed E-state index contributed by atoms with van der Waals surface area (Å²) in [6, 6.07) is 12.9. The van der Waals surface area contributed by atoms with Gasteiger partial charge in [-0.1, -0.05) is 30.3 Å². The third-order valence-electron chi connectivity index (χ3n) is 4.37. The fourth-order valence-electron chi connectivity index (χ4n) is 2.93. The van der Waals surface area contributed by atoms with Crippen molar-refractivity contribution in [1.29, 1.82) is 0 Å². The Balaban J connectivity index is 2.31. The van der Waals surface area contributed by atoms with E-state index in [1.807, 2.05) is 37.3 Å². The lowest BCUT2D eigenvalue weighted by Gasteiger charge is -2.29. The molecular formula is C20H26N2O5S. The molecule has 0 heterocycles. The number of hydrogen-bond donors (Lipinski definition) is 1. The van der Waals surface area contributed by atoms with Gasteiger partial charge >= 0.3 is 0 Å². The van der Waals surface area contributed by atoms with Crippen molar-refractivity contribution in [1.82, 2.24) is 5.32 Å². The maximum Gasteiger partial charge on any atom is 0.244 e. The lowest BCUT2D eigenvalue weighted by molar-refractivity contribution is -0.122. The first-order valence-electron chi connectivity index (χ1n) is 8.75. The fraction of sp³-hybridized carbons (Fsp3) is 0.350. The zero-order valence-corrected chi connectivity index (χ0v) is 17.5. The smallest absolute Gasteiger partial charge is 0.244 e. The predicted molar refractivity (Wildman–Crippen MR) is 109 cm³/mol. The molecule has 1 unspecified atom stereocenters. The molecule has 1 amide bonds. The second-order valence-corrected chi connectivity index (χ2v) is 8.27. The van der Waals surface area contributed by atoms with Crippen molar-refractivity contribution in [3.63, 3.8) is 0 Å². The minimum atomic E-state index is -3.73. The molecule has 0 aliphatic carbocycles. The lowest BCUT2D eigenvalue weighted by atomic mass is 10.1. The van der Waals surface area contributed by atoms with Crippen LogP contribution < -0.4 is 19.1 Å². The molecule has 0 saturated heterocycles. The number of anilines is 1. The molecule has 0 fully saturated rings. The number of nitrogens with zero attached hydrogens (tertiary/aromatic N) is 1. The monoisotopic (exact) mass is 406 g/mol. The molecule has 2 aromatic carbocycles. The number of rotatable bonds is 8. The van der Waals surface area contributed by atoms with Crippen LogP contribution in [0, 0.1) is 0 Å². The van der Waals surface area contributed by atoms with Crippen LogP contribution in [0.5, 0.6) is 11.5 Å². The number of hydrogen-bond acceptors (Lipinski definition) is 5. The van der Waals surface area contributed by atoms with Crippen molar-refractivity contribution in [2.24, 2.45) is 0 Å². The Bertz CT molecular complexity index is 915. The number of sulfonamides is 1. The second kappa shape index (κ2) is 8.97. The minimum absolute atomic E-state index is 0.261. The molecule has 0 bridgehead atoms. The van der Waals surface area contributed by atoms with Gasteiger partial charge in [0, 0.05) is 6.07 Å². The molecule has 8 heteroatoms. The molecule has 1 N–H and O–H groups in total. The molecule has 0 saturated carbocycles. The molecule has 152 valence electrons. The summed E-state index contributed by atoms with van der Waals surface area (Å²) in [5.41, 5.74) is 1.25. The van der Waals surface area contributed by atoms with Gasteiger partial charge in [0.1, 0.15) is 6.04 Å². The molecular weight excluding hydrogens is 380 g/mol. The van der Waals surface area contributed by atoms with Gasteiger partial charge in [0.05, 0.1) is 32.2 Å². The van der Waals surface area contributed by atoms with Gasteiger partial charge < -0.3 is 14.8 Å². The van der Waals surface area contributed by atoms with Gasteiger partial charge in [-0.05, 0) is 31.5 Å². The Morgan fingerprint density at radius 2 is 1.61 bits per heavy atom. The van der Waals surface area contributed by atoms with Crippen molar-refractivity contribution in [3.8, 4) is 11.5 Å². The average Bonchev–Trinajstić information content (AvgIpc) is 2.67. The molecule has 7 nitrogen and oxygen atoms in total. The number of nitrogens with one attached hydrogen (secondary N) is 1. The van der Waals surface area contributed by atoms with E-state index in [2.05, 4.69) is 5.32 Å². The zero-order chi connectivity index (χ0) is 20.9. The molecule has 0 spiro atoms. The van der Waals surface area contributed by atoms with Crippen LogP contribution in [0.1, 0.15) is 25.5 Å². The van der Waals surface area contributed by atoms with E-state index in [0.717, 1.165) is 16.1 Å². The first-order valence-corrected chi connectivity index (χ1v) is 10.6. The summed E-state index contributed by atoms with van der Waals surface area (Å²) in [7, 11) is -0.776. The summed E-state index contributed by atoms with van der Waals surface area (Å²) in [4.78, 5) is 12.8.